The van der Waals surface area contributed by atoms with Crippen molar-refractivity contribution in [2.45, 2.75) is 12.0 Å². The third-order valence-electron chi connectivity index (χ3n) is 2.91. The van der Waals surface area contributed by atoms with Crippen LogP contribution in [-0.4, -0.2) is 37.6 Å². The second-order valence-corrected chi connectivity index (χ2v) is 3.53. The summed E-state index contributed by atoms with van der Waals surface area (Å²) in [7, 11) is 4.38. The third kappa shape index (κ3) is 0.578. The highest BCUT2D eigenvalue weighted by Gasteiger charge is 2.58. The van der Waals surface area contributed by atoms with Crippen LogP contribution >= 0.6 is 0 Å². The van der Waals surface area contributed by atoms with Gasteiger partial charge in [-0.15, -0.1) is 0 Å². The maximum atomic E-state index is 3.40. The van der Waals surface area contributed by atoms with Gasteiger partial charge in [-0.3, -0.25) is 0 Å². The van der Waals surface area contributed by atoms with E-state index in [1.165, 1.54) is 19.5 Å². The van der Waals surface area contributed by atoms with Crippen LogP contribution in [0.3, 0.4) is 0 Å². The summed E-state index contributed by atoms with van der Waals surface area (Å²) in [5, 5.41) is 3.40. The number of likely N-dealkylation sites (N-methyl/N-ethyl adjacent to an activating group) is 1. The van der Waals surface area contributed by atoms with Crippen molar-refractivity contribution < 1.29 is 0 Å². The van der Waals surface area contributed by atoms with Gasteiger partial charge in [-0.05, 0) is 33.0 Å². The molecule has 0 bridgehead atoms. The monoisotopic (exact) mass is 126 g/mol. The van der Waals surface area contributed by atoms with Crippen LogP contribution in [0.5, 0.6) is 0 Å². The van der Waals surface area contributed by atoms with Crippen LogP contribution in [0.15, 0.2) is 0 Å². The average molecular weight is 126 g/mol. The van der Waals surface area contributed by atoms with Gasteiger partial charge in [-0.1, -0.05) is 0 Å². The lowest BCUT2D eigenvalue weighted by molar-refractivity contribution is 0.274. The molecule has 2 fully saturated rings. The molecule has 1 N–H and O–H groups in total. The molecule has 2 rings (SSSR count). The molecule has 2 heteroatoms. The second kappa shape index (κ2) is 1.50. The summed E-state index contributed by atoms with van der Waals surface area (Å²) >= 11 is 0. The van der Waals surface area contributed by atoms with Gasteiger partial charge in [-0.2, -0.15) is 0 Å². The predicted molar refractivity (Wildman–Crippen MR) is 37.4 cm³/mol. The molecule has 1 heterocycles. The summed E-state index contributed by atoms with van der Waals surface area (Å²) in [6, 6.07) is 0. The van der Waals surface area contributed by atoms with Gasteiger partial charge in [0.2, 0.25) is 0 Å². The summed E-state index contributed by atoms with van der Waals surface area (Å²) < 4.78 is 0. The number of nitrogens with one attached hydrogen (secondary N) is 1. The second-order valence-electron chi connectivity index (χ2n) is 3.53. The number of hydrogen-bond acceptors (Lipinski definition) is 2. The number of nitrogens with zero attached hydrogens (tertiary/aromatic N) is 1. The molecular weight excluding hydrogens is 112 g/mol. The van der Waals surface area contributed by atoms with E-state index in [4.69, 9.17) is 0 Å². The zero-order valence-electron chi connectivity index (χ0n) is 6.15. The highest BCUT2D eigenvalue weighted by Crippen LogP contribution is 2.49. The van der Waals surface area contributed by atoms with Gasteiger partial charge in [0, 0.05) is 12.1 Å². The quantitative estimate of drug-likeness (QED) is 0.528. The Labute approximate surface area is 56.2 Å². The predicted octanol–water partition coefficient (Wildman–Crippen LogP) is -0.0901. The van der Waals surface area contributed by atoms with Gasteiger partial charge in [0.15, 0.2) is 0 Å². The summed E-state index contributed by atoms with van der Waals surface area (Å²) in [5.41, 5.74) is 0.583. The highest BCUT2D eigenvalue weighted by atomic mass is 15.3. The number of hydrogen-bond donors (Lipinski definition) is 1. The molecule has 1 saturated heterocycles. The van der Waals surface area contributed by atoms with E-state index >= 15 is 0 Å². The topological polar surface area (TPSA) is 15.3 Å². The Kier molecular flexibility index (Phi) is 0.945. The van der Waals surface area contributed by atoms with Crippen LogP contribution < -0.4 is 5.32 Å². The zero-order chi connectivity index (χ0) is 6.48. The molecule has 0 radical (unpaired) electrons. The van der Waals surface area contributed by atoms with Crippen LogP contribution in [-0.2, 0) is 0 Å². The minimum atomic E-state index is 0.583. The molecule has 0 aromatic carbocycles. The van der Waals surface area contributed by atoms with Gasteiger partial charge in [-0.25, -0.2) is 0 Å². The van der Waals surface area contributed by atoms with E-state index in [9.17, 15) is 0 Å². The van der Waals surface area contributed by atoms with Crippen molar-refractivity contribution in [1.82, 2.24) is 10.2 Å². The molecule has 0 aromatic heterocycles. The molecular formula is C7H14N2. The fraction of sp³-hybridized carbons (Fsp3) is 1.00. The first-order valence-corrected chi connectivity index (χ1v) is 3.64. The first kappa shape index (κ1) is 5.69. The van der Waals surface area contributed by atoms with Crippen molar-refractivity contribution >= 4 is 0 Å². The standard InChI is InChI=1S/C7H14N2/c1-9(2)7-3-6(7)4-8-5-7/h6,8H,3-5H2,1-2H3/t6-,7-/m0/s1. The molecule has 1 aliphatic heterocycles. The van der Waals surface area contributed by atoms with Crippen LogP contribution in [0.2, 0.25) is 0 Å². The van der Waals surface area contributed by atoms with Crippen molar-refractivity contribution in [1.29, 1.82) is 0 Å². The van der Waals surface area contributed by atoms with E-state index in [1.807, 2.05) is 0 Å². The van der Waals surface area contributed by atoms with E-state index < -0.39 is 0 Å². The summed E-state index contributed by atoms with van der Waals surface area (Å²) in [6.07, 6.45) is 1.42. The van der Waals surface area contributed by atoms with E-state index in [2.05, 4.69) is 24.3 Å². The molecule has 2 atom stereocenters. The van der Waals surface area contributed by atoms with E-state index in [0.29, 0.717) is 5.54 Å². The Morgan fingerprint density at radius 3 is 2.56 bits per heavy atom. The zero-order valence-corrected chi connectivity index (χ0v) is 6.15. The molecule has 9 heavy (non-hydrogen) atoms. The van der Waals surface area contributed by atoms with Crippen LogP contribution in [0.25, 0.3) is 0 Å². The van der Waals surface area contributed by atoms with Gasteiger partial charge < -0.3 is 10.2 Å². The summed E-state index contributed by atoms with van der Waals surface area (Å²) in [6.45, 7) is 2.46. The number of fused-ring (bicyclic) bond motifs is 1. The molecule has 52 valence electrons. The Hall–Kier alpha value is -0.0800. The lowest BCUT2D eigenvalue weighted by Crippen LogP contribution is -2.35. The van der Waals surface area contributed by atoms with Crippen LogP contribution in [0.4, 0.5) is 0 Å². The normalized spacial score (nSPS) is 47.7. The van der Waals surface area contributed by atoms with E-state index in [0.717, 1.165) is 5.92 Å². The number of rotatable bonds is 1. The van der Waals surface area contributed by atoms with Crippen LogP contribution in [0, 0.1) is 5.92 Å². The molecule has 2 aliphatic rings. The van der Waals surface area contributed by atoms with Crippen molar-refractivity contribution in [3.05, 3.63) is 0 Å². The molecule has 0 amide bonds. The molecule has 0 aromatic rings. The van der Waals surface area contributed by atoms with E-state index in [-0.39, 0.29) is 0 Å². The Bertz CT molecular complexity index is 129. The Balaban J connectivity index is 2.10. The molecule has 0 spiro atoms. The largest absolute Gasteiger partial charge is 0.315 e. The lowest BCUT2D eigenvalue weighted by Gasteiger charge is -2.20. The van der Waals surface area contributed by atoms with Crippen molar-refractivity contribution in [3.8, 4) is 0 Å². The molecule has 0 unspecified atom stereocenters. The first-order chi connectivity index (χ1) is 4.26. The number of piperidine rings is 1. The molecule has 2 nitrogen and oxygen atoms in total. The van der Waals surface area contributed by atoms with Crippen molar-refractivity contribution in [2.75, 3.05) is 27.2 Å². The minimum Gasteiger partial charge on any atom is -0.315 e. The van der Waals surface area contributed by atoms with Crippen LogP contribution in [0.1, 0.15) is 6.42 Å². The Morgan fingerprint density at radius 2 is 2.33 bits per heavy atom. The Morgan fingerprint density at radius 1 is 1.56 bits per heavy atom. The van der Waals surface area contributed by atoms with Gasteiger partial charge in [0.05, 0.1) is 0 Å². The highest BCUT2D eigenvalue weighted by molar-refractivity contribution is 5.16. The van der Waals surface area contributed by atoms with Gasteiger partial charge >= 0.3 is 0 Å². The van der Waals surface area contributed by atoms with Crippen molar-refractivity contribution in [2.24, 2.45) is 5.92 Å². The SMILES string of the molecule is CN(C)[C@@]12CNC[C@@H]1C2. The van der Waals surface area contributed by atoms with Gasteiger partial charge in [0.1, 0.15) is 0 Å². The fourth-order valence-corrected chi connectivity index (χ4v) is 2.02. The summed E-state index contributed by atoms with van der Waals surface area (Å²) in [5.74, 6) is 0.965. The molecule has 1 aliphatic carbocycles. The van der Waals surface area contributed by atoms with E-state index in [1.54, 1.807) is 0 Å². The lowest BCUT2D eigenvalue weighted by atomic mass is 10.2. The maximum absolute atomic E-state index is 3.40. The first-order valence-electron chi connectivity index (χ1n) is 3.64. The smallest absolute Gasteiger partial charge is 0.0372 e. The minimum absolute atomic E-state index is 0.583. The maximum Gasteiger partial charge on any atom is 0.0372 e. The fourth-order valence-electron chi connectivity index (χ4n) is 2.02. The third-order valence-corrected chi connectivity index (χ3v) is 2.91. The molecule has 1 saturated carbocycles. The average Bonchev–Trinajstić information content (AvgIpc) is 2.38. The van der Waals surface area contributed by atoms with Crippen molar-refractivity contribution in [3.63, 3.8) is 0 Å². The van der Waals surface area contributed by atoms with Gasteiger partial charge in [0.25, 0.3) is 0 Å². The summed E-state index contributed by atoms with van der Waals surface area (Å²) in [4.78, 5) is 2.37.